The lowest BCUT2D eigenvalue weighted by Gasteiger charge is -2.24. The number of hydrogen-bond donors (Lipinski definition) is 0. The van der Waals surface area contributed by atoms with Gasteiger partial charge >= 0.3 is 11.9 Å². The monoisotopic (exact) mass is 494 g/mol. The van der Waals surface area contributed by atoms with Gasteiger partial charge in [-0.15, -0.1) is 0 Å². The lowest BCUT2D eigenvalue weighted by Crippen LogP contribution is -2.28. The highest BCUT2D eigenvalue weighted by molar-refractivity contribution is 5.90. The molecule has 0 heterocycles. The molecule has 0 N–H and O–H groups in total. The van der Waals surface area contributed by atoms with Gasteiger partial charge in [0, 0.05) is 6.42 Å². The summed E-state index contributed by atoms with van der Waals surface area (Å²) in [6, 6.07) is 15.3. The first-order valence-corrected chi connectivity index (χ1v) is 13.5. The average molecular weight is 495 g/mol. The molecule has 2 aromatic carbocycles. The van der Waals surface area contributed by atoms with Gasteiger partial charge in [-0.05, 0) is 59.1 Å². The molecule has 0 aromatic heterocycles. The highest BCUT2D eigenvalue weighted by Gasteiger charge is 2.24. The molecule has 4 heteroatoms. The van der Waals surface area contributed by atoms with E-state index in [0.29, 0.717) is 17.5 Å². The third-order valence-electron chi connectivity index (χ3n) is 6.54. The quantitative estimate of drug-likeness (QED) is 0.294. The van der Waals surface area contributed by atoms with E-state index in [0.717, 1.165) is 32.1 Å². The van der Waals surface area contributed by atoms with Crippen molar-refractivity contribution in [3.63, 3.8) is 0 Å². The van der Waals surface area contributed by atoms with Crippen LogP contribution in [-0.4, -0.2) is 24.1 Å². The van der Waals surface area contributed by atoms with E-state index in [1.807, 2.05) is 48.5 Å². The number of carbonyl (C=O) groups excluding carboxylic acids is 2. The van der Waals surface area contributed by atoms with Crippen LogP contribution in [0.3, 0.4) is 0 Å². The molecule has 36 heavy (non-hydrogen) atoms. The maximum atomic E-state index is 12.9. The van der Waals surface area contributed by atoms with E-state index in [2.05, 4.69) is 55.4 Å². The van der Waals surface area contributed by atoms with Crippen LogP contribution in [0.15, 0.2) is 48.5 Å². The minimum Gasteiger partial charge on any atom is -0.459 e. The van der Waals surface area contributed by atoms with Crippen LogP contribution in [0.25, 0.3) is 0 Å². The molecule has 0 amide bonds. The Bertz CT molecular complexity index is 959. The summed E-state index contributed by atoms with van der Waals surface area (Å²) in [5.41, 5.74) is 3.49. The lowest BCUT2D eigenvalue weighted by molar-refractivity contribution is -0.00447. The van der Waals surface area contributed by atoms with Gasteiger partial charge in [0.15, 0.2) is 0 Å². The van der Waals surface area contributed by atoms with Crippen molar-refractivity contribution in [2.45, 2.75) is 117 Å². The maximum absolute atomic E-state index is 12.9. The first kappa shape index (κ1) is 29.6. The molecule has 0 bridgehead atoms. The van der Waals surface area contributed by atoms with Crippen LogP contribution in [-0.2, 0) is 20.3 Å². The van der Waals surface area contributed by atoms with E-state index in [-0.39, 0.29) is 35.0 Å². The molecular weight excluding hydrogens is 448 g/mol. The predicted octanol–water partition coefficient (Wildman–Crippen LogP) is 8.41. The summed E-state index contributed by atoms with van der Waals surface area (Å²) in [4.78, 5) is 25.9. The number of ether oxygens (including phenoxy) is 2. The Hall–Kier alpha value is -2.62. The van der Waals surface area contributed by atoms with Gasteiger partial charge in [-0.3, -0.25) is 0 Å². The lowest BCUT2D eigenvalue weighted by atomic mass is 9.87. The number of esters is 2. The Morgan fingerprint density at radius 1 is 0.639 bits per heavy atom. The molecule has 198 valence electrons. The Morgan fingerprint density at radius 3 is 1.36 bits per heavy atom. The van der Waals surface area contributed by atoms with Crippen LogP contribution in [0.4, 0.5) is 0 Å². The van der Waals surface area contributed by atoms with Crippen molar-refractivity contribution in [1.29, 1.82) is 0 Å². The van der Waals surface area contributed by atoms with E-state index in [9.17, 15) is 9.59 Å². The summed E-state index contributed by atoms with van der Waals surface area (Å²) in [6.07, 6.45) is 4.21. The van der Waals surface area contributed by atoms with Crippen molar-refractivity contribution in [2.24, 2.45) is 0 Å². The van der Waals surface area contributed by atoms with Crippen molar-refractivity contribution in [1.82, 2.24) is 0 Å². The second kappa shape index (κ2) is 13.1. The Labute approximate surface area is 218 Å². The predicted molar refractivity (Wildman–Crippen MR) is 148 cm³/mol. The van der Waals surface area contributed by atoms with Gasteiger partial charge in [0.25, 0.3) is 0 Å². The number of rotatable bonds is 11. The van der Waals surface area contributed by atoms with Gasteiger partial charge in [0.2, 0.25) is 0 Å². The molecule has 0 spiro atoms. The Morgan fingerprint density at radius 2 is 1.03 bits per heavy atom. The first-order valence-electron chi connectivity index (χ1n) is 13.5. The van der Waals surface area contributed by atoms with Crippen molar-refractivity contribution in [3.8, 4) is 0 Å². The van der Waals surface area contributed by atoms with Crippen LogP contribution in [0.2, 0.25) is 0 Å². The molecule has 0 saturated heterocycles. The smallest absolute Gasteiger partial charge is 0.338 e. The topological polar surface area (TPSA) is 52.6 Å². The van der Waals surface area contributed by atoms with Gasteiger partial charge < -0.3 is 9.47 Å². The summed E-state index contributed by atoms with van der Waals surface area (Å²) in [6.45, 7) is 17.1. The molecule has 0 aliphatic rings. The number of hydrogen-bond acceptors (Lipinski definition) is 4. The standard InChI is InChI=1S/C32H46O4/c1-9-11-13-28(36-30(34)24-16-20-26(21-17-24)32(6,7)8)22-27(12-10-2)35-29(33)23-14-18-25(19-15-23)31(3,4)5/h14-21,27-28H,9-13,22H2,1-8H3. The molecular formula is C32H46O4. The zero-order chi connectivity index (χ0) is 26.9. The molecule has 0 fully saturated rings. The van der Waals surface area contributed by atoms with Gasteiger partial charge in [-0.1, -0.05) is 98.9 Å². The molecule has 2 unspecified atom stereocenters. The highest BCUT2D eigenvalue weighted by atomic mass is 16.6. The van der Waals surface area contributed by atoms with Crippen LogP contribution in [0.1, 0.15) is 126 Å². The average Bonchev–Trinajstić information content (AvgIpc) is 2.81. The molecule has 0 aliphatic carbocycles. The van der Waals surface area contributed by atoms with Crippen LogP contribution < -0.4 is 0 Å². The number of unbranched alkanes of at least 4 members (excludes halogenated alkanes) is 1. The second-order valence-electron chi connectivity index (χ2n) is 11.9. The van der Waals surface area contributed by atoms with Gasteiger partial charge in [-0.25, -0.2) is 9.59 Å². The molecule has 2 atom stereocenters. The van der Waals surface area contributed by atoms with Crippen LogP contribution in [0, 0.1) is 0 Å². The second-order valence-corrected chi connectivity index (χ2v) is 11.9. The summed E-state index contributed by atoms with van der Waals surface area (Å²) < 4.78 is 11.9. The van der Waals surface area contributed by atoms with Gasteiger partial charge in [-0.2, -0.15) is 0 Å². The molecule has 2 rings (SSSR count). The number of carbonyl (C=O) groups is 2. The molecule has 4 nitrogen and oxygen atoms in total. The summed E-state index contributed by atoms with van der Waals surface area (Å²) >= 11 is 0. The van der Waals surface area contributed by atoms with E-state index in [4.69, 9.17) is 9.47 Å². The van der Waals surface area contributed by atoms with Crippen molar-refractivity contribution >= 4 is 11.9 Å². The Kier molecular flexibility index (Phi) is 10.8. The molecule has 0 aliphatic heterocycles. The number of benzene rings is 2. The van der Waals surface area contributed by atoms with Crippen LogP contribution >= 0.6 is 0 Å². The van der Waals surface area contributed by atoms with Crippen LogP contribution in [0.5, 0.6) is 0 Å². The van der Waals surface area contributed by atoms with Crippen molar-refractivity contribution < 1.29 is 19.1 Å². The SMILES string of the molecule is CCCCC(CC(CCC)OC(=O)c1ccc(C(C)(C)C)cc1)OC(=O)c1ccc(C(C)(C)C)cc1. The minimum atomic E-state index is -0.327. The fraction of sp³-hybridized carbons (Fsp3) is 0.562. The molecule has 0 saturated carbocycles. The fourth-order valence-corrected chi connectivity index (χ4v) is 4.15. The maximum Gasteiger partial charge on any atom is 0.338 e. The van der Waals surface area contributed by atoms with Crippen molar-refractivity contribution in [2.75, 3.05) is 0 Å². The summed E-state index contributed by atoms with van der Waals surface area (Å²) in [5.74, 6) is -0.650. The summed E-state index contributed by atoms with van der Waals surface area (Å²) in [5, 5.41) is 0. The highest BCUT2D eigenvalue weighted by Crippen LogP contribution is 2.25. The van der Waals surface area contributed by atoms with E-state index < -0.39 is 0 Å². The van der Waals surface area contributed by atoms with E-state index in [1.54, 1.807) is 0 Å². The zero-order valence-electron chi connectivity index (χ0n) is 23.6. The molecule has 0 radical (unpaired) electrons. The van der Waals surface area contributed by atoms with E-state index in [1.165, 1.54) is 11.1 Å². The van der Waals surface area contributed by atoms with Gasteiger partial charge in [0.1, 0.15) is 12.2 Å². The zero-order valence-corrected chi connectivity index (χ0v) is 23.6. The Balaban J connectivity index is 2.10. The third-order valence-corrected chi connectivity index (χ3v) is 6.54. The van der Waals surface area contributed by atoms with Crippen molar-refractivity contribution in [3.05, 3.63) is 70.8 Å². The fourth-order valence-electron chi connectivity index (χ4n) is 4.15. The third kappa shape index (κ3) is 9.11. The van der Waals surface area contributed by atoms with Gasteiger partial charge in [0.05, 0.1) is 11.1 Å². The van der Waals surface area contributed by atoms with E-state index >= 15 is 0 Å². The summed E-state index contributed by atoms with van der Waals surface area (Å²) in [7, 11) is 0. The molecule has 2 aromatic rings. The first-order chi connectivity index (χ1) is 16.8. The normalized spacial score (nSPS) is 13.7. The minimum absolute atomic E-state index is 0.0242. The largest absolute Gasteiger partial charge is 0.459 e.